The summed E-state index contributed by atoms with van der Waals surface area (Å²) in [5, 5.41) is 19.4. The number of hydrogen-bond acceptors (Lipinski definition) is 9. The number of fused-ring (bicyclic) bond motifs is 1. The number of nitrogens with zero attached hydrogens (tertiary/aromatic N) is 3. The monoisotopic (exact) mass is 855 g/mol. The van der Waals surface area contributed by atoms with E-state index in [0.717, 1.165) is 42.4 Å². The highest BCUT2D eigenvalue weighted by Crippen LogP contribution is 2.53. The lowest BCUT2D eigenvalue weighted by molar-refractivity contribution is -0.0113. The highest BCUT2D eigenvalue weighted by atomic mass is 31.2. The summed E-state index contributed by atoms with van der Waals surface area (Å²) in [5.41, 5.74) is 1.45. The topological polar surface area (TPSA) is 123 Å². The number of para-hydroxylation sites is 2. The Morgan fingerprint density at radius 3 is 1.97 bits per heavy atom. The Kier molecular flexibility index (Phi) is 19.2. The number of methoxy groups -OCH3 is 2. The molecule has 12 heteroatoms. The smallest absolute Gasteiger partial charge is 0.407 e. The van der Waals surface area contributed by atoms with Crippen LogP contribution in [0.1, 0.15) is 95.8 Å². The largest absolute Gasteiger partial charge is 0.496 e. The van der Waals surface area contributed by atoms with E-state index in [9.17, 15) is 15.2 Å². The standard InChI is InChI=1S/C49H66N3O8P/c1-37(2)52(38(3)4)61(59-33-18-30-50)60-40(28-34-57-32-19-31-51(48(53)54)36-43-41-22-12-7-8-13-23-42(41)43)29-35-58-49(39-20-10-9-11-21-39,44-24-14-16-26-46(44)55-5)45-25-15-17-27-47(45)56-6/h9-11,14-17,20-21,24-27,37-38,40-43H,12-13,18-19,22-23,28-29,31-36H2,1-6H3,(H,53,54). The van der Waals surface area contributed by atoms with E-state index in [1.165, 1.54) is 0 Å². The van der Waals surface area contributed by atoms with Gasteiger partial charge in [0, 0.05) is 62.4 Å². The number of carbonyl (C=O) groups is 1. The molecular formula is C49H66N3O8P. The van der Waals surface area contributed by atoms with Crippen LogP contribution in [-0.2, 0) is 24.1 Å². The molecule has 4 unspecified atom stereocenters. The lowest BCUT2D eigenvalue weighted by atomic mass is 9.79. The average Bonchev–Trinajstić information content (AvgIpc) is 3.90. The fraction of sp³-hybridized carbons (Fsp3) is 0.551. The second kappa shape index (κ2) is 24.4. The number of carboxylic acid groups (broad SMARTS) is 1. The van der Waals surface area contributed by atoms with Crippen LogP contribution in [0, 0.1) is 40.9 Å². The van der Waals surface area contributed by atoms with Crippen LogP contribution in [0.4, 0.5) is 4.79 Å². The summed E-state index contributed by atoms with van der Waals surface area (Å²) in [5.74, 6) is 9.44. The second-order valence-electron chi connectivity index (χ2n) is 16.3. The van der Waals surface area contributed by atoms with E-state index >= 15 is 0 Å². The highest BCUT2D eigenvalue weighted by Gasteiger charge is 2.49. The van der Waals surface area contributed by atoms with Gasteiger partial charge in [0.25, 0.3) is 8.53 Å². The van der Waals surface area contributed by atoms with Gasteiger partial charge in [0.1, 0.15) is 11.5 Å². The summed E-state index contributed by atoms with van der Waals surface area (Å²) in [6.07, 6.45) is 4.63. The Morgan fingerprint density at radius 2 is 1.41 bits per heavy atom. The molecule has 61 heavy (non-hydrogen) atoms. The minimum Gasteiger partial charge on any atom is -0.496 e. The molecule has 0 aromatic heterocycles. The first-order valence-electron chi connectivity index (χ1n) is 21.9. The third-order valence-corrected chi connectivity index (χ3v) is 13.8. The third-order valence-electron chi connectivity index (χ3n) is 11.7. The summed E-state index contributed by atoms with van der Waals surface area (Å²) < 4.78 is 41.0. The molecule has 0 radical (unpaired) electrons. The molecule has 1 N–H and O–H groups in total. The van der Waals surface area contributed by atoms with Gasteiger partial charge in [-0.3, -0.25) is 0 Å². The van der Waals surface area contributed by atoms with E-state index in [-0.39, 0.29) is 37.8 Å². The molecule has 0 aliphatic heterocycles. The van der Waals surface area contributed by atoms with Crippen molar-refractivity contribution in [2.75, 3.05) is 53.7 Å². The summed E-state index contributed by atoms with van der Waals surface area (Å²) >= 11 is 0. The van der Waals surface area contributed by atoms with E-state index in [4.69, 9.17) is 28.0 Å². The first kappa shape index (κ1) is 47.9. The maximum Gasteiger partial charge on any atom is 0.407 e. The molecule has 1 amide bonds. The first-order chi connectivity index (χ1) is 29.7. The van der Waals surface area contributed by atoms with Crippen molar-refractivity contribution in [2.24, 2.45) is 17.8 Å². The Balaban J connectivity index is 1.34. The van der Waals surface area contributed by atoms with Crippen LogP contribution in [0.2, 0.25) is 0 Å². The van der Waals surface area contributed by atoms with Gasteiger partial charge in [-0.2, -0.15) is 5.26 Å². The van der Waals surface area contributed by atoms with Gasteiger partial charge < -0.3 is 38.0 Å². The Hall–Kier alpha value is -4.19. The predicted molar refractivity (Wildman–Crippen MR) is 239 cm³/mol. The Bertz CT molecular complexity index is 1820. The van der Waals surface area contributed by atoms with Gasteiger partial charge in [0.05, 0.1) is 46.0 Å². The van der Waals surface area contributed by atoms with Crippen LogP contribution in [0.5, 0.6) is 11.5 Å². The predicted octanol–water partition coefficient (Wildman–Crippen LogP) is 10.3. The van der Waals surface area contributed by atoms with Crippen LogP contribution in [0.25, 0.3) is 0 Å². The van der Waals surface area contributed by atoms with Crippen molar-refractivity contribution in [3.05, 3.63) is 95.6 Å². The summed E-state index contributed by atoms with van der Waals surface area (Å²) in [6, 6.07) is 28.4. The summed E-state index contributed by atoms with van der Waals surface area (Å²) in [7, 11) is 1.78. The molecule has 5 rings (SSSR count). The molecule has 11 nitrogen and oxygen atoms in total. The SMILES string of the molecule is COc1ccccc1C(OCCC(CCOCCCN(CC1C2CCC#CCCC21)C(=O)O)OP(OCCC#N)N(C(C)C)C(C)C)(c1ccccc1)c1ccccc1OC. The third kappa shape index (κ3) is 12.9. The van der Waals surface area contributed by atoms with Crippen molar-refractivity contribution >= 4 is 14.6 Å². The van der Waals surface area contributed by atoms with Crippen LogP contribution in [0.15, 0.2) is 78.9 Å². The maximum absolute atomic E-state index is 12.3. The fourth-order valence-electron chi connectivity index (χ4n) is 8.75. The van der Waals surface area contributed by atoms with Crippen LogP contribution < -0.4 is 9.47 Å². The van der Waals surface area contributed by atoms with Crippen LogP contribution in [0.3, 0.4) is 0 Å². The van der Waals surface area contributed by atoms with Gasteiger partial charge in [-0.15, -0.1) is 11.8 Å². The molecule has 3 aromatic carbocycles. The zero-order valence-electron chi connectivity index (χ0n) is 37.0. The maximum atomic E-state index is 12.3. The van der Waals surface area contributed by atoms with Gasteiger partial charge >= 0.3 is 6.09 Å². The van der Waals surface area contributed by atoms with Crippen molar-refractivity contribution in [1.29, 1.82) is 5.26 Å². The number of benzene rings is 3. The number of rotatable bonds is 26. The van der Waals surface area contributed by atoms with Gasteiger partial charge in [0.15, 0.2) is 5.60 Å². The molecule has 330 valence electrons. The van der Waals surface area contributed by atoms with Gasteiger partial charge in [-0.05, 0) is 95.2 Å². The van der Waals surface area contributed by atoms with E-state index in [2.05, 4.69) is 62.4 Å². The highest BCUT2D eigenvalue weighted by molar-refractivity contribution is 7.44. The Morgan fingerprint density at radius 1 is 0.836 bits per heavy atom. The van der Waals surface area contributed by atoms with Crippen molar-refractivity contribution in [1.82, 2.24) is 9.57 Å². The molecule has 1 fully saturated rings. The van der Waals surface area contributed by atoms with Crippen molar-refractivity contribution in [2.45, 2.75) is 103 Å². The average molecular weight is 856 g/mol. The van der Waals surface area contributed by atoms with Crippen LogP contribution >= 0.6 is 8.53 Å². The molecule has 3 aromatic rings. The number of hydrogen-bond donors (Lipinski definition) is 1. The molecule has 4 atom stereocenters. The van der Waals surface area contributed by atoms with E-state index in [0.29, 0.717) is 74.8 Å². The lowest BCUT2D eigenvalue weighted by Gasteiger charge is -2.39. The minimum absolute atomic E-state index is 0.127. The summed E-state index contributed by atoms with van der Waals surface area (Å²) in [4.78, 5) is 13.8. The molecule has 2 aliphatic rings. The van der Waals surface area contributed by atoms with Crippen molar-refractivity contribution in [3.8, 4) is 29.4 Å². The first-order valence-corrected chi connectivity index (χ1v) is 23.0. The molecule has 0 saturated heterocycles. The lowest BCUT2D eigenvalue weighted by Crippen LogP contribution is -2.36. The van der Waals surface area contributed by atoms with Gasteiger partial charge in [-0.25, -0.2) is 9.46 Å². The van der Waals surface area contributed by atoms with Crippen LogP contribution in [-0.4, -0.2) is 92.7 Å². The quantitative estimate of drug-likeness (QED) is 0.0361. The zero-order chi connectivity index (χ0) is 43.6. The van der Waals surface area contributed by atoms with E-state index < -0.39 is 20.2 Å². The number of nitriles is 1. The molecule has 0 bridgehead atoms. The number of amides is 1. The Labute approximate surface area is 365 Å². The van der Waals surface area contributed by atoms with Gasteiger partial charge in [-0.1, -0.05) is 66.7 Å². The normalized spacial score (nSPS) is 18.3. The van der Waals surface area contributed by atoms with Gasteiger partial charge in [0.2, 0.25) is 0 Å². The zero-order valence-corrected chi connectivity index (χ0v) is 37.9. The minimum atomic E-state index is -1.55. The second-order valence-corrected chi connectivity index (χ2v) is 17.7. The molecule has 2 aliphatic carbocycles. The van der Waals surface area contributed by atoms with Crippen molar-refractivity contribution in [3.63, 3.8) is 0 Å². The van der Waals surface area contributed by atoms with Crippen molar-refractivity contribution < 1.29 is 37.9 Å². The van der Waals surface area contributed by atoms with E-state index in [1.54, 1.807) is 19.1 Å². The summed E-state index contributed by atoms with van der Waals surface area (Å²) in [6.45, 7) is 10.9. The molecule has 1 saturated carbocycles. The molecular weight excluding hydrogens is 790 g/mol. The number of ether oxygens (including phenoxy) is 4. The molecule has 0 heterocycles. The van der Waals surface area contributed by atoms with E-state index in [1.807, 2.05) is 66.7 Å². The molecule has 0 spiro atoms. The fourth-order valence-corrected chi connectivity index (χ4v) is 10.5.